The van der Waals surface area contributed by atoms with E-state index in [1.165, 1.54) is 21.8 Å². The van der Waals surface area contributed by atoms with Crippen LogP contribution in [0.4, 0.5) is 4.79 Å². The number of carbonyl (C=O) groups excluding carboxylic acids is 1. The zero-order valence-corrected chi connectivity index (χ0v) is 14.6. The molecule has 0 fully saturated rings. The zero-order valence-electron chi connectivity index (χ0n) is 14.6. The van der Waals surface area contributed by atoms with Crippen LogP contribution in [0.25, 0.3) is 11.5 Å². The van der Waals surface area contributed by atoms with Gasteiger partial charge in [0.1, 0.15) is 5.60 Å². The van der Waals surface area contributed by atoms with Gasteiger partial charge in [-0.05, 0) is 32.4 Å². The van der Waals surface area contributed by atoms with Gasteiger partial charge >= 0.3 is 6.09 Å². The summed E-state index contributed by atoms with van der Waals surface area (Å²) in [5.74, 6) is 0.419. The van der Waals surface area contributed by atoms with Gasteiger partial charge < -0.3 is 10.1 Å². The second-order valence-corrected chi connectivity index (χ2v) is 6.53. The highest BCUT2D eigenvalue weighted by Gasteiger charge is 2.16. The lowest BCUT2D eigenvalue weighted by Gasteiger charge is -2.19. The van der Waals surface area contributed by atoms with Crippen molar-refractivity contribution in [2.24, 2.45) is 0 Å². The van der Waals surface area contributed by atoms with Gasteiger partial charge in [0.25, 0.3) is 5.56 Å². The molecular formula is C16H19N7O3. The smallest absolute Gasteiger partial charge is 0.407 e. The predicted molar refractivity (Wildman–Crippen MR) is 92.2 cm³/mol. The lowest BCUT2D eigenvalue weighted by atomic mass is 10.2. The van der Waals surface area contributed by atoms with Crippen LogP contribution in [-0.4, -0.2) is 41.5 Å². The average Bonchev–Trinajstić information content (AvgIpc) is 3.21. The number of ether oxygens (including phenoxy) is 1. The Morgan fingerprint density at radius 1 is 1.35 bits per heavy atom. The molecule has 0 aliphatic carbocycles. The summed E-state index contributed by atoms with van der Waals surface area (Å²) in [7, 11) is 0. The number of H-pyrrole nitrogens is 1. The maximum absolute atomic E-state index is 12.4. The van der Waals surface area contributed by atoms with Crippen LogP contribution in [0.15, 0.2) is 41.7 Å². The van der Waals surface area contributed by atoms with E-state index in [1.807, 2.05) is 0 Å². The van der Waals surface area contributed by atoms with E-state index in [-0.39, 0.29) is 12.1 Å². The Bertz CT molecular complexity index is 934. The first-order valence-corrected chi connectivity index (χ1v) is 7.93. The quantitative estimate of drug-likeness (QED) is 0.723. The minimum atomic E-state index is -0.553. The van der Waals surface area contributed by atoms with Gasteiger partial charge in [0, 0.05) is 12.7 Å². The summed E-state index contributed by atoms with van der Waals surface area (Å²) >= 11 is 0. The van der Waals surface area contributed by atoms with Crippen molar-refractivity contribution in [2.45, 2.75) is 32.9 Å². The van der Waals surface area contributed by atoms with Gasteiger partial charge in [-0.2, -0.15) is 4.68 Å². The van der Waals surface area contributed by atoms with Crippen LogP contribution in [0, 0.1) is 0 Å². The van der Waals surface area contributed by atoms with Gasteiger partial charge in [0.05, 0.1) is 18.6 Å². The average molecular weight is 357 g/mol. The zero-order chi connectivity index (χ0) is 18.7. The molecule has 10 nitrogen and oxygen atoms in total. The molecule has 0 aliphatic heterocycles. The minimum Gasteiger partial charge on any atom is -0.444 e. The molecule has 0 aliphatic rings. The number of alkyl carbamates (subject to hydrolysis) is 1. The van der Waals surface area contributed by atoms with Gasteiger partial charge in [0.15, 0.2) is 11.5 Å². The molecule has 0 saturated heterocycles. The van der Waals surface area contributed by atoms with E-state index in [9.17, 15) is 9.59 Å². The minimum absolute atomic E-state index is 0.270. The number of aromatic nitrogens is 6. The van der Waals surface area contributed by atoms with Crippen molar-refractivity contribution in [3.8, 4) is 11.5 Å². The lowest BCUT2D eigenvalue weighted by Crippen LogP contribution is -2.32. The van der Waals surface area contributed by atoms with Crippen LogP contribution < -0.4 is 10.9 Å². The van der Waals surface area contributed by atoms with E-state index in [1.54, 1.807) is 45.3 Å². The van der Waals surface area contributed by atoms with Crippen molar-refractivity contribution in [1.82, 2.24) is 35.1 Å². The second kappa shape index (κ2) is 6.82. The molecule has 0 saturated carbocycles. The largest absolute Gasteiger partial charge is 0.444 e. The number of hydrogen-bond donors (Lipinski definition) is 2. The van der Waals surface area contributed by atoms with Crippen LogP contribution in [0.5, 0.6) is 0 Å². The SMILES string of the molecule is CC(C)(C)OC(=O)NCc1ccc(-n2[nH]cc(-n3ccnn3)c2=O)nc1. The normalized spacial score (nSPS) is 11.3. The van der Waals surface area contributed by atoms with Crippen LogP contribution in [0.2, 0.25) is 0 Å². The van der Waals surface area contributed by atoms with Crippen molar-refractivity contribution < 1.29 is 9.53 Å². The fourth-order valence-electron chi connectivity index (χ4n) is 2.17. The van der Waals surface area contributed by atoms with E-state index in [0.29, 0.717) is 11.5 Å². The summed E-state index contributed by atoms with van der Waals surface area (Å²) in [6.45, 7) is 5.66. The molecule has 3 aromatic rings. The number of carbonyl (C=O) groups is 1. The molecule has 10 heteroatoms. The Morgan fingerprint density at radius 3 is 2.77 bits per heavy atom. The Morgan fingerprint density at radius 2 is 2.15 bits per heavy atom. The van der Waals surface area contributed by atoms with Gasteiger partial charge in [0.2, 0.25) is 0 Å². The highest BCUT2D eigenvalue weighted by atomic mass is 16.6. The van der Waals surface area contributed by atoms with Crippen molar-refractivity contribution in [1.29, 1.82) is 0 Å². The van der Waals surface area contributed by atoms with Crippen LogP contribution in [-0.2, 0) is 11.3 Å². The number of nitrogens with zero attached hydrogens (tertiary/aromatic N) is 5. The number of hydrogen-bond acceptors (Lipinski definition) is 6. The topological polar surface area (TPSA) is 120 Å². The predicted octanol–water partition coefficient (Wildman–Crippen LogP) is 1.17. The standard InChI is InChI=1S/C16H19N7O3/c1-16(2,3)26-15(25)18-9-11-4-5-13(17-8-11)23-14(24)12(10-20-23)22-7-6-19-21-22/h4-8,10,20H,9H2,1-3H3,(H,18,25). The molecule has 0 radical (unpaired) electrons. The van der Waals surface area contributed by atoms with Gasteiger partial charge in [-0.25, -0.2) is 14.5 Å². The maximum Gasteiger partial charge on any atom is 0.407 e. The summed E-state index contributed by atoms with van der Waals surface area (Å²) in [5.41, 5.74) is 0.251. The number of nitrogens with one attached hydrogen (secondary N) is 2. The molecule has 0 spiro atoms. The Labute approximate surface area is 148 Å². The molecule has 0 unspecified atom stereocenters. The maximum atomic E-state index is 12.4. The van der Waals surface area contributed by atoms with E-state index < -0.39 is 11.7 Å². The highest BCUT2D eigenvalue weighted by Crippen LogP contribution is 2.08. The van der Waals surface area contributed by atoms with Gasteiger partial charge in [-0.3, -0.25) is 9.89 Å². The summed E-state index contributed by atoms with van der Waals surface area (Å²) in [5, 5.41) is 13.0. The summed E-state index contributed by atoms with van der Waals surface area (Å²) in [6.07, 6.45) is 5.67. The summed E-state index contributed by atoms with van der Waals surface area (Å²) in [6, 6.07) is 3.44. The summed E-state index contributed by atoms with van der Waals surface area (Å²) < 4.78 is 7.84. The van der Waals surface area contributed by atoms with Gasteiger partial charge in [-0.1, -0.05) is 11.3 Å². The van der Waals surface area contributed by atoms with Gasteiger partial charge in [-0.15, -0.1) is 5.10 Å². The Kier molecular flexibility index (Phi) is 4.57. The fraction of sp³-hybridized carbons (Fsp3) is 0.312. The monoisotopic (exact) mass is 357 g/mol. The van der Waals surface area contributed by atoms with Crippen molar-refractivity contribution in [2.75, 3.05) is 0 Å². The molecule has 0 atom stereocenters. The molecule has 1 amide bonds. The van der Waals surface area contributed by atoms with Crippen molar-refractivity contribution in [3.63, 3.8) is 0 Å². The summed E-state index contributed by atoms with van der Waals surface area (Å²) in [4.78, 5) is 28.3. The van der Waals surface area contributed by atoms with Crippen molar-refractivity contribution >= 4 is 6.09 Å². The van der Waals surface area contributed by atoms with E-state index in [2.05, 4.69) is 25.7 Å². The Hall–Kier alpha value is -3.43. The molecule has 3 rings (SSSR count). The first-order valence-electron chi connectivity index (χ1n) is 7.93. The molecule has 3 heterocycles. The molecule has 136 valence electrons. The third-order valence-electron chi connectivity index (χ3n) is 3.30. The third kappa shape index (κ3) is 3.97. The van der Waals surface area contributed by atoms with E-state index in [4.69, 9.17) is 4.74 Å². The van der Waals surface area contributed by atoms with E-state index >= 15 is 0 Å². The van der Waals surface area contributed by atoms with E-state index in [0.717, 1.165) is 5.56 Å². The molecule has 2 N–H and O–H groups in total. The third-order valence-corrected chi connectivity index (χ3v) is 3.30. The first kappa shape index (κ1) is 17.4. The lowest BCUT2D eigenvalue weighted by molar-refractivity contribution is 0.0523. The number of rotatable bonds is 4. The van der Waals surface area contributed by atoms with Crippen LogP contribution in [0.3, 0.4) is 0 Å². The molecule has 3 aromatic heterocycles. The molecule has 26 heavy (non-hydrogen) atoms. The molecule has 0 aromatic carbocycles. The Balaban J connectivity index is 1.69. The number of pyridine rings is 1. The number of aromatic amines is 1. The van der Waals surface area contributed by atoms with Crippen LogP contribution >= 0.6 is 0 Å². The second-order valence-electron chi connectivity index (χ2n) is 6.53. The number of amides is 1. The molecule has 0 bridgehead atoms. The van der Waals surface area contributed by atoms with Crippen LogP contribution in [0.1, 0.15) is 26.3 Å². The highest BCUT2D eigenvalue weighted by molar-refractivity contribution is 5.67. The van der Waals surface area contributed by atoms with Crippen molar-refractivity contribution in [3.05, 3.63) is 52.8 Å². The first-order chi connectivity index (χ1) is 12.3. The molecular weight excluding hydrogens is 338 g/mol. The fourth-order valence-corrected chi connectivity index (χ4v) is 2.17.